The molecule has 2 rings (SSSR count). The molecule has 1 fully saturated rings. The topological polar surface area (TPSA) is 34.1 Å². The van der Waals surface area contributed by atoms with Crippen molar-refractivity contribution in [1.29, 1.82) is 0 Å². The first-order chi connectivity index (χ1) is 6.83. The second-order valence-electron chi connectivity index (χ2n) is 5.91. The highest BCUT2D eigenvalue weighted by molar-refractivity contribution is 5.98. The molecular weight excluding hydrogens is 188 g/mol. The van der Waals surface area contributed by atoms with Gasteiger partial charge in [-0.3, -0.25) is 9.59 Å². The first-order valence-corrected chi connectivity index (χ1v) is 5.61. The Balaban J connectivity index is 2.42. The Morgan fingerprint density at radius 2 is 1.80 bits per heavy atom. The van der Waals surface area contributed by atoms with Crippen LogP contribution in [0.15, 0.2) is 11.6 Å². The van der Waals surface area contributed by atoms with Crippen LogP contribution in [0, 0.1) is 10.8 Å². The highest BCUT2D eigenvalue weighted by atomic mass is 16.1. The van der Waals surface area contributed by atoms with E-state index in [1.165, 1.54) is 0 Å². The standard InChI is InChI=1S/C13H18O2/c1-12(2)7-9-6-10(14)4-5-13(9,3)11(15)8-12/h6H,4-5,7-8H2,1-3H3/t13-/m1/s1. The molecule has 0 unspecified atom stereocenters. The molecule has 0 heterocycles. The van der Waals surface area contributed by atoms with Crippen molar-refractivity contribution >= 4 is 11.6 Å². The molecule has 0 amide bonds. The molecule has 0 radical (unpaired) electrons. The Hall–Kier alpha value is -0.920. The van der Waals surface area contributed by atoms with Crippen LogP contribution in [0.4, 0.5) is 0 Å². The highest BCUT2D eigenvalue weighted by Crippen LogP contribution is 2.50. The van der Waals surface area contributed by atoms with Crippen LogP contribution in [0.1, 0.15) is 46.5 Å². The van der Waals surface area contributed by atoms with Crippen LogP contribution in [0.3, 0.4) is 0 Å². The minimum atomic E-state index is -0.330. The second-order valence-corrected chi connectivity index (χ2v) is 5.91. The highest BCUT2D eigenvalue weighted by Gasteiger charge is 2.46. The van der Waals surface area contributed by atoms with Gasteiger partial charge in [-0.25, -0.2) is 0 Å². The molecule has 2 nitrogen and oxygen atoms in total. The Bertz CT molecular complexity index is 363. The predicted molar refractivity (Wildman–Crippen MR) is 58.5 cm³/mol. The quantitative estimate of drug-likeness (QED) is 0.610. The third kappa shape index (κ3) is 1.66. The van der Waals surface area contributed by atoms with Crippen LogP contribution in [-0.2, 0) is 9.59 Å². The fourth-order valence-electron chi connectivity index (χ4n) is 2.73. The number of carbonyl (C=O) groups excluding carboxylic acids is 2. The largest absolute Gasteiger partial charge is 0.299 e. The van der Waals surface area contributed by atoms with E-state index in [1.807, 2.05) is 6.92 Å². The number of hydrogen-bond acceptors (Lipinski definition) is 2. The van der Waals surface area contributed by atoms with E-state index in [2.05, 4.69) is 13.8 Å². The summed E-state index contributed by atoms with van der Waals surface area (Å²) in [4.78, 5) is 23.5. The van der Waals surface area contributed by atoms with Crippen molar-refractivity contribution in [3.63, 3.8) is 0 Å². The fraction of sp³-hybridized carbons (Fsp3) is 0.692. The number of ketones is 2. The van der Waals surface area contributed by atoms with Crippen LogP contribution >= 0.6 is 0 Å². The maximum absolute atomic E-state index is 12.1. The van der Waals surface area contributed by atoms with Crippen LogP contribution in [0.25, 0.3) is 0 Å². The number of Topliss-reactive ketones (excluding diaryl/α,β-unsaturated/α-hetero) is 1. The van der Waals surface area contributed by atoms with E-state index in [0.717, 1.165) is 12.0 Å². The summed E-state index contributed by atoms with van der Waals surface area (Å²) in [5, 5.41) is 0. The monoisotopic (exact) mass is 206 g/mol. The maximum Gasteiger partial charge on any atom is 0.155 e. The van der Waals surface area contributed by atoms with Gasteiger partial charge in [0.2, 0.25) is 0 Å². The lowest BCUT2D eigenvalue weighted by Gasteiger charge is -2.44. The van der Waals surface area contributed by atoms with Gasteiger partial charge in [0.25, 0.3) is 0 Å². The number of carbonyl (C=O) groups is 2. The van der Waals surface area contributed by atoms with E-state index in [9.17, 15) is 9.59 Å². The van der Waals surface area contributed by atoms with Crippen LogP contribution in [-0.4, -0.2) is 11.6 Å². The summed E-state index contributed by atoms with van der Waals surface area (Å²) >= 11 is 0. The van der Waals surface area contributed by atoms with Gasteiger partial charge in [-0.05, 0) is 31.3 Å². The molecule has 15 heavy (non-hydrogen) atoms. The van der Waals surface area contributed by atoms with Gasteiger partial charge in [-0.15, -0.1) is 0 Å². The molecule has 0 saturated heterocycles. The van der Waals surface area contributed by atoms with Gasteiger partial charge in [0.15, 0.2) is 5.78 Å². The zero-order chi connectivity index (χ0) is 11.3. The summed E-state index contributed by atoms with van der Waals surface area (Å²) in [7, 11) is 0. The summed E-state index contributed by atoms with van der Waals surface area (Å²) in [6.45, 7) is 6.21. The van der Waals surface area contributed by atoms with Crippen molar-refractivity contribution in [2.24, 2.45) is 10.8 Å². The first kappa shape index (κ1) is 10.6. The number of fused-ring (bicyclic) bond motifs is 1. The molecule has 0 aromatic rings. The van der Waals surface area contributed by atoms with Gasteiger partial charge in [-0.2, -0.15) is 0 Å². The summed E-state index contributed by atoms with van der Waals surface area (Å²) < 4.78 is 0. The third-order valence-electron chi connectivity index (χ3n) is 3.84. The van der Waals surface area contributed by atoms with Crippen molar-refractivity contribution in [1.82, 2.24) is 0 Å². The molecule has 0 bridgehead atoms. The lowest BCUT2D eigenvalue weighted by molar-refractivity contribution is -0.131. The molecule has 1 atom stereocenters. The normalized spacial score (nSPS) is 34.7. The SMILES string of the molecule is CC1(C)CC(=O)[C@]2(C)CCC(=O)C=C2C1. The average Bonchev–Trinajstić information content (AvgIpc) is 2.08. The second kappa shape index (κ2) is 3.03. The third-order valence-corrected chi connectivity index (χ3v) is 3.84. The molecule has 2 aliphatic rings. The van der Waals surface area contributed by atoms with E-state index >= 15 is 0 Å². The molecule has 0 spiro atoms. The fourth-order valence-corrected chi connectivity index (χ4v) is 2.73. The minimum Gasteiger partial charge on any atom is -0.299 e. The summed E-state index contributed by atoms with van der Waals surface area (Å²) in [6.07, 6.45) is 4.51. The van der Waals surface area contributed by atoms with Crippen molar-refractivity contribution < 1.29 is 9.59 Å². The zero-order valence-corrected chi connectivity index (χ0v) is 9.72. The predicted octanol–water partition coefficient (Wildman–Crippen LogP) is 2.67. The van der Waals surface area contributed by atoms with Gasteiger partial charge in [-0.1, -0.05) is 19.4 Å². The Morgan fingerprint density at radius 3 is 2.47 bits per heavy atom. The molecule has 0 aromatic carbocycles. The molecular formula is C13H18O2. The Labute approximate surface area is 90.7 Å². The van der Waals surface area contributed by atoms with Gasteiger partial charge >= 0.3 is 0 Å². The van der Waals surface area contributed by atoms with Gasteiger partial charge < -0.3 is 0 Å². The summed E-state index contributed by atoms with van der Waals surface area (Å²) in [5.41, 5.74) is 0.767. The molecule has 2 aliphatic carbocycles. The van der Waals surface area contributed by atoms with E-state index in [0.29, 0.717) is 25.0 Å². The smallest absolute Gasteiger partial charge is 0.155 e. The van der Waals surface area contributed by atoms with Crippen LogP contribution < -0.4 is 0 Å². The molecule has 82 valence electrons. The molecule has 2 heteroatoms. The molecule has 0 aliphatic heterocycles. The minimum absolute atomic E-state index is 0.0278. The van der Waals surface area contributed by atoms with Crippen LogP contribution in [0.5, 0.6) is 0 Å². The van der Waals surface area contributed by atoms with Gasteiger partial charge in [0.05, 0.1) is 0 Å². The lowest BCUT2D eigenvalue weighted by atomic mass is 9.59. The zero-order valence-electron chi connectivity index (χ0n) is 9.72. The molecule has 1 saturated carbocycles. The number of hydrogen-bond donors (Lipinski definition) is 0. The lowest BCUT2D eigenvalue weighted by Crippen LogP contribution is -2.42. The van der Waals surface area contributed by atoms with Crippen molar-refractivity contribution in [3.05, 3.63) is 11.6 Å². The summed E-state index contributed by atoms with van der Waals surface area (Å²) in [6, 6.07) is 0. The van der Waals surface area contributed by atoms with Crippen molar-refractivity contribution in [2.45, 2.75) is 46.5 Å². The van der Waals surface area contributed by atoms with Crippen molar-refractivity contribution in [2.75, 3.05) is 0 Å². The van der Waals surface area contributed by atoms with Gasteiger partial charge in [0.1, 0.15) is 5.78 Å². The molecule has 0 aromatic heterocycles. The average molecular weight is 206 g/mol. The van der Waals surface area contributed by atoms with Crippen LogP contribution in [0.2, 0.25) is 0 Å². The number of rotatable bonds is 0. The molecule has 0 N–H and O–H groups in total. The van der Waals surface area contributed by atoms with E-state index in [4.69, 9.17) is 0 Å². The summed E-state index contributed by atoms with van der Waals surface area (Å²) in [5.74, 6) is 0.505. The Morgan fingerprint density at radius 1 is 1.13 bits per heavy atom. The van der Waals surface area contributed by atoms with E-state index in [1.54, 1.807) is 6.08 Å². The Kier molecular flexibility index (Phi) is 2.14. The van der Waals surface area contributed by atoms with Gasteiger partial charge in [0, 0.05) is 18.3 Å². The van der Waals surface area contributed by atoms with Crippen molar-refractivity contribution in [3.8, 4) is 0 Å². The maximum atomic E-state index is 12.1. The number of allylic oxidation sites excluding steroid dienone is 2. The first-order valence-electron chi connectivity index (χ1n) is 5.61. The van der Waals surface area contributed by atoms with E-state index in [-0.39, 0.29) is 16.6 Å². The van der Waals surface area contributed by atoms with E-state index < -0.39 is 0 Å².